The van der Waals surface area contributed by atoms with E-state index in [0.717, 1.165) is 0 Å². The molecule has 20 heavy (non-hydrogen) atoms. The van der Waals surface area contributed by atoms with Crippen LogP contribution in [0.3, 0.4) is 0 Å². The van der Waals surface area contributed by atoms with E-state index in [9.17, 15) is 0 Å². The number of aromatic nitrogens is 7. The van der Waals surface area contributed by atoms with E-state index in [0.29, 0.717) is 22.1 Å². The fourth-order valence-electron chi connectivity index (χ4n) is 1.42. The average Bonchev–Trinajstić information content (AvgIpc) is 3.02. The van der Waals surface area contributed by atoms with Crippen molar-refractivity contribution in [2.24, 2.45) is 0 Å². The molecule has 9 heteroatoms. The van der Waals surface area contributed by atoms with Gasteiger partial charge in [-0.25, -0.2) is 9.67 Å². The smallest absolute Gasteiger partial charge is 0.256 e. The molecule has 0 aliphatic rings. The second-order valence-corrected chi connectivity index (χ2v) is 4.58. The van der Waals surface area contributed by atoms with Crippen molar-refractivity contribution in [3.05, 3.63) is 37.1 Å². The normalized spacial score (nSPS) is 10.4. The first-order valence-electron chi connectivity index (χ1n) is 5.73. The highest BCUT2D eigenvalue weighted by Gasteiger charge is 2.09. The third-order valence-electron chi connectivity index (χ3n) is 2.27. The van der Waals surface area contributed by atoms with E-state index in [1.165, 1.54) is 11.8 Å². The fraction of sp³-hybridized carbons (Fsp3) is 0.0909. The molecule has 3 heterocycles. The van der Waals surface area contributed by atoms with Crippen molar-refractivity contribution in [3.63, 3.8) is 0 Å². The zero-order valence-electron chi connectivity index (χ0n) is 10.5. The Morgan fingerprint density at radius 2 is 2.10 bits per heavy atom. The molecule has 0 aliphatic heterocycles. The van der Waals surface area contributed by atoms with E-state index in [-0.39, 0.29) is 0 Å². The molecule has 3 rings (SSSR count). The summed E-state index contributed by atoms with van der Waals surface area (Å²) in [7, 11) is 1.75. The van der Waals surface area contributed by atoms with E-state index in [2.05, 4.69) is 35.3 Å². The Labute approximate surface area is 118 Å². The Hall–Kier alpha value is -2.55. The van der Waals surface area contributed by atoms with Crippen LogP contribution in [-0.2, 0) is 0 Å². The highest BCUT2D eigenvalue weighted by molar-refractivity contribution is 7.99. The quantitative estimate of drug-likeness (QED) is 0.760. The summed E-state index contributed by atoms with van der Waals surface area (Å²) in [6, 6.07) is 1.80. The monoisotopic (exact) mass is 286 g/mol. The lowest BCUT2D eigenvalue weighted by molar-refractivity contribution is 0.761. The predicted molar refractivity (Wildman–Crippen MR) is 72.7 cm³/mol. The summed E-state index contributed by atoms with van der Waals surface area (Å²) < 4.78 is 1.57. The van der Waals surface area contributed by atoms with Gasteiger partial charge in [0, 0.05) is 31.8 Å². The SMILES string of the molecule is CNc1nc(Sc2cnccn2)nc(-n2cccn2)n1. The van der Waals surface area contributed by atoms with Crippen LogP contribution >= 0.6 is 11.8 Å². The average molecular weight is 286 g/mol. The van der Waals surface area contributed by atoms with Crippen molar-refractivity contribution < 1.29 is 0 Å². The summed E-state index contributed by atoms with van der Waals surface area (Å²) in [5.41, 5.74) is 0. The zero-order chi connectivity index (χ0) is 13.8. The number of nitrogens with zero attached hydrogens (tertiary/aromatic N) is 7. The molecule has 0 saturated heterocycles. The molecular formula is C11H10N8S. The molecule has 0 amide bonds. The van der Waals surface area contributed by atoms with Gasteiger partial charge in [-0.3, -0.25) is 4.98 Å². The van der Waals surface area contributed by atoms with Crippen molar-refractivity contribution in [1.29, 1.82) is 0 Å². The van der Waals surface area contributed by atoms with Crippen LogP contribution in [0.1, 0.15) is 0 Å². The van der Waals surface area contributed by atoms with Crippen LogP contribution in [0, 0.1) is 0 Å². The van der Waals surface area contributed by atoms with Gasteiger partial charge < -0.3 is 5.32 Å². The Balaban J connectivity index is 1.96. The summed E-state index contributed by atoms with van der Waals surface area (Å²) in [5.74, 6) is 0.914. The maximum absolute atomic E-state index is 4.35. The standard InChI is InChI=1S/C11H10N8S/c1-12-9-16-10(19-6-2-3-15-19)18-11(17-9)20-8-7-13-4-5-14-8/h2-7H,1H3,(H,12,16,17,18). The van der Waals surface area contributed by atoms with Crippen LogP contribution in [0.2, 0.25) is 0 Å². The summed E-state index contributed by atoms with van der Waals surface area (Å²) in [4.78, 5) is 21.1. The maximum Gasteiger partial charge on any atom is 0.256 e. The first-order chi connectivity index (χ1) is 9.85. The lowest BCUT2D eigenvalue weighted by Crippen LogP contribution is -2.07. The first kappa shape index (κ1) is 12.5. The molecule has 0 spiro atoms. The van der Waals surface area contributed by atoms with Gasteiger partial charge in [-0.15, -0.1) is 0 Å². The number of rotatable bonds is 4. The maximum atomic E-state index is 4.35. The van der Waals surface area contributed by atoms with Crippen molar-refractivity contribution >= 4 is 17.7 Å². The Kier molecular flexibility index (Phi) is 3.50. The number of hydrogen-bond donors (Lipinski definition) is 1. The molecule has 3 aromatic heterocycles. The third-order valence-corrected chi connectivity index (χ3v) is 3.06. The molecule has 3 aromatic rings. The molecule has 1 N–H and O–H groups in total. The van der Waals surface area contributed by atoms with Crippen LogP contribution in [0.15, 0.2) is 47.2 Å². The summed E-state index contributed by atoms with van der Waals surface area (Å²) >= 11 is 1.31. The minimum Gasteiger partial charge on any atom is -0.357 e. The molecule has 0 aromatic carbocycles. The van der Waals surface area contributed by atoms with Crippen LogP contribution in [0.25, 0.3) is 5.95 Å². The van der Waals surface area contributed by atoms with Gasteiger partial charge in [-0.1, -0.05) is 0 Å². The highest BCUT2D eigenvalue weighted by Crippen LogP contribution is 2.22. The van der Waals surface area contributed by atoms with Crippen LogP contribution in [0.5, 0.6) is 0 Å². The van der Waals surface area contributed by atoms with Crippen molar-refractivity contribution in [2.75, 3.05) is 12.4 Å². The largest absolute Gasteiger partial charge is 0.357 e. The Morgan fingerprint density at radius 1 is 1.15 bits per heavy atom. The molecule has 8 nitrogen and oxygen atoms in total. The topological polar surface area (TPSA) is 94.3 Å². The van der Waals surface area contributed by atoms with Crippen LogP contribution < -0.4 is 5.32 Å². The summed E-state index contributed by atoms with van der Waals surface area (Å²) in [5, 5.41) is 8.25. The molecule has 0 saturated carbocycles. The van der Waals surface area contributed by atoms with Gasteiger partial charge in [-0.05, 0) is 17.8 Å². The van der Waals surface area contributed by atoms with Crippen molar-refractivity contribution in [1.82, 2.24) is 34.7 Å². The second kappa shape index (κ2) is 5.61. The molecule has 0 atom stereocenters. The Bertz CT molecular complexity index is 685. The van der Waals surface area contributed by atoms with Crippen LogP contribution in [0.4, 0.5) is 5.95 Å². The van der Waals surface area contributed by atoms with Crippen molar-refractivity contribution in [2.45, 2.75) is 10.2 Å². The predicted octanol–water partition coefficient (Wildman–Crippen LogP) is 1.04. The lowest BCUT2D eigenvalue weighted by atomic mass is 10.7. The zero-order valence-corrected chi connectivity index (χ0v) is 11.3. The van der Waals surface area contributed by atoms with Gasteiger partial charge in [0.25, 0.3) is 5.95 Å². The Morgan fingerprint density at radius 3 is 2.80 bits per heavy atom. The number of hydrogen-bond acceptors (Lipinski definition) is 8. The molecular weight excluding hydrogens is 276 g/mol. The molecule has 0 aliphatic carbocycles. The molecule has 0 radical (unpaired) electrons. The van der Waals surface area contributed by atoms with Gasteiger partial charge >= 0.3 is 0 Å². The van der Waals surface area contributed by atoms with E-state index < -0.39 is 0 Å². The van der Waals surface area contributed by atoms with E-state index >= 15 is 0 Å². The highest BCUT2D eigenvalue weighted by atomic mass is 32.2. The van der Waals surface area contributed by atoms with Crippen molar-refractivity contribution in [3.8, 4) is 5.95 Å². The molecule has 0 fully saturated rings. The number of nitrogens with one attached hydrogen (secondary N) is 1. The first-order valence-corrected chi connectivity index (χ1v) is 6.54. The van der Waals surface area contributed by atoms with Gasteiger partial charge in [0.1, 0.15) is 5.03 Å². The minimum absolute atomic E-state index is 0.445. The fourth-order valence-corrected chi connectivity index (χ4v) is 2.10. The summed E-state index contributed by atoms with van der Waals surface area (Å²) in [6.07, 6.45) is 8.33. The second-order valence-electron chi connectivity index (χ2n) is 3.59. The van der Waals surface area contributed by atoms with Gasteiger partial charge in [0.2, 0.25) is 11.1 Å². The van der Waals surface area contributed by atoms with E-state index in [1.54, 1.807) is 48.8 Å². The minimum atomic E-state index is 0.445. The van der Waals surface area contributed by atoms with Gasteiger partial charge in [0.05, 0.1) is 6.20 Å². The van der Waals surface area contributed by atoms with Gasteiger partial charge in [-0.2, -0.15) is 20.1 Å². The molecule has 0 bridgehead atoms. The number of anilines is 1. The van der Waals surface area contributed by atoms with E-state index in [4.69, 9.17) is 0 Å². The van der Waals surface area contributed by atoms with Gasteiger partial charge in [0.15, 0.2) is 0 Å². The lowest BCUT2D eigenvalue weighted by Gasteiger charge is -2.05. The third kappa shape index (κ3) is 2.72. The molecule has 0 unspecified atom stereocenters. The van der Waals surface area contributed by atoms with E-state index in [1.807, 2.05) is 0 Å². The summed E-state index contributed by atoms with van der Waals surface area (Å²) in [6.45, 7) is 0. The molecule has 100 valence electrons. The van der Waals surface area contributed by atoms with Crippen LogP contribution in [-0.4, -0.2) is 41.7 Å².